The summed E-state index contributed by atoms with van der Waals surface area (Å²) in [5.74, 6) is 1.17. The van der Waals surface area contributed by atoms with Crippen LogP contribution in [-0.4, -0.2) is 29.8 Å². The summed E-state index contributed by atoms with van der Waals surface area (Å²) in [5.41, 5.74) is 0. The van der Waals surface area contributed by atoms with E-state index < -0.39 is 0 Å². The maximum absolute atomic E-state index is 3.71. The van der Waals surface area contributed by atoms with Gasteiger partial charge in [0.1, 0.15) is 0 Å². The molecule has 0 spiro atoms. The molecule has 0 aromatic heterocycles. The minimum atomic E-state index is 0.768. The van der Waals surface area contributed by atoms with Gasteiger partial charge in [0.15, 0.2) is 0 Å². The van der Waals surface area contributed by atoms with Crippen molar-refractivity contribution in [3.63, 3.8) is 0 Å². The summed E-state index contributed by atoms with van der Waals surface area (Å²) in [6, 6.07) is 11.4. The molecule has 100 valence electrons. The lowest BCUT2D eigenvalue weighted by molar-refractivity contribution is 0.388. The topological polar surface area (TPSA) is 12.0 Å². The predicted molar refractivity (Wildman–Crippen MR) is 84.7 cm³/mol. The van der Waals surface area contributed by atoms with Gasteiger partial charge >= 0.3 is 0 Å². The van der Waals surface area contributed by atoms with Crippen molar-refractivity contribution in [1.29, 1.82) is 0 Å². The van der Waals surface area contributed by atoms with Crippen molar-refractivity contribution in [1.82, 2.24) is 5.32 Å². The maximum Gasteiger partial charge on any atom is 0.0106 e. The highest BCUT2D eigenvalue weighted by atomic mass is 32.2. The molecule has 3 heteroatoms. The molecule has 2 rings (SSSR count). The van der Waals surface area contributed by atoms with E-state index in [-0.39, 0.29) is 0 Å². The largest absolute Gasteiger partial charge is 0.313 e. The molecule has 0 atom stereocenters. The van der Waals surface area contributed by atoms with Gasteiger partial charge in [-0.1, -0.05) is 18.2 Å². The zero-order chi connectivity index (χ0) is 12.6. The Kier molecular flexibility index (Phi) is 6.46. The highest BCUT2D eigenvalue weighted by Gasteiger charge is 2.19. The summed E-state index contributed by atoms with van der Waals surface area (Å²) in [7, 11) is 0. The predicted octanol–water partition coefficient (Wildman–Crippen LogP) is 4.04. The van der Waals surface area contributed by atoms with E-state index in [9.17, 15) is 0 Å². The summed E-state index contributed by atoms with van der Waals surface area (Å²) in [5, 5.41) is 4.62. The van der Waals surface area contributed by atoms with Gasteiger partial charge in [0.05, 0.1) is 0 Å². The Bertz CT molecular complexity index is 321. The lowest BCUT2D eigenvalue weighted by Crippen LogP contribution is -2.35. The van der Waals surface area contributed by atoms with Crippen molar-refractivity contribution in [2.24, 2.45) is 0 Å². The highest BCUT2D eigenvalue weighted by molar-refractivity contribution is 7.99. The third-order valence-electron chi connectivity index (χ3n) is 3.55. The average Bonchev–Trinajstić information content (AvgIpc) is 2.45. The summed E-state index contributed by atoms with van der Waals surface area (Å²) in [6.45, 7) is 1.13. The van der Waals surface area contributed by atoms with Crippen LogP contribution in [0.5, 0.6) is 0 Å². The minimum absolute atomic E-state index is 0.768. The van der Waals surface area contributed by atoms with Gasteiger partial charge in [0, 0.05) is 28.5 Å². The fourth-order valence-electron chi connectivity index (χ4n) is 2.45. The van der Waals surface area contributed by atoms with E-state index >= 15 is 0 Å². The zero-order valence-corrected chi connectivity index (χ0v) is 12.7. The molecule has 1 saturated carbocycles. The second kappa shape index (κ2) is 8.13. The SMILES string of the molecule is CSC1CCC(NCCSc2ccccc2)CC1. The van der Waals surface area contributed by atoms with Crippen LogP contribution in [0.2, 0.25) is 0 Å². The number of rotatable bonds is 6. The molecule has 0 unspecified atom stereocenters. The van der Waals surface area contributed by atoms with Crippen LogP contribution < -0.4 is 5.32 Å². The van der Waals surface area contributed by atoms with Crippen molar-refractivity contribution in [2.75, 3.05) is 18.6 Å². The monoisotopic (exact) mass is 281 g/mol. The Balaban J connectivity index is 1.56. The first kappa shape index (κ1) is 14.3. The molecular formula is C15H23NS2. The Labute approximate surface area is 120 Å². The smallest absolute Gasteiger partial charge is 0.0106 e. The van der Waals surface area contributed by atoms with Crippen LogP contribution in [0.25, 0.3) is 0 Å². The van der Waals surface area contributed by atoms with Gasteiger partial charge in [-0.25, -0.2) is 0 Å². The molecule has 0 amide bonds. The van der Waals surface area contributed by atoms with Gasteiger partial charge in [-0.05, 0) is 44.1 Å². The molecular weight excluding hydrogens is 258 g/mol. The first-order chi connectivity index (χ1) is 8.88. The van der Waals surface area contributed by atoms with Crippen molar-refractivity contribution in [3.8, 4) is 0 Å². The Hall–Kier alpha value is -0.120. The summed E-state index contributed by atoms with van der Waals surface area (Å²) in [6.07, 6.45) is 7.76. The lowest BCUT2D eigenvalue weighted by atomic mass is 9.95. The second-order valence-corrected chi connectivity index (χ2v) is 7.13. The van der Waals surface area contributed by atoms with Crippen molar-refractivity contribution >= 4 is 23.5 Å². The van der Waals surface area contributed by atoms with Crippen LogP contribution in [0.15, 0.2) is 35.2 Å². The third-order valence-corrected chi connectivity index (χ3v) is 5.71. The van der Waals surface area contributed by atoms with Gasteiger partial charge in [0.2, 0.25) is 0 Å². The standard InChI is InChI=1S/C15H23NS2/c1-17-14-9-7-13(8-10-14)16-11-12-18-15-5-3-2-4-6-15/h2-6,13-14,16H,7-12H2,1H3. The first-order valence-electron chi connectivity index (χ1n) is 6.82. The van der Waals surface area contributed by atoms with Crippen LogP contribution in [0.1, 0.15) is 25.7 Å². The second-order valence-electron chi connectivity index (χ2n) is 4.82. The fourth-order valence-corrected chi connectivity index (χ4v) is 4.00. The Morgan fingerprint density at radius 3 is 2.50 bits per heavy atom. The Morgan fingerprint density at radius 1 is 1.11 bits per heavy atom. The molecule has 1 aliphatic rings. The molecule has 0 aliphatic heterocycles. The van der Waals surface area contributed by atoms with Crippen LogP contribution >= 0.6 is 23.5 Å². The lowest BCUT2D eigenvalue weighted by Gasteiger charge is -2.28. The molecule has 0 radical (unpaired) electrons. The molecule has 18 heavy (non-hydrogen) atoms. The summed E-state index contributed by atoms with van der Waals surface area (Å²) >= 11 is 3.99. The van der Waals surface area contributed by atoms with Crippen LogP contribution in [0.4, 0.5) is 0 Å². The fraction of sp³-hybridized carbons (Fsp3) is 0.600. The van der Waals surface area contributed by atoms with Crippen molar-refractivity contribution in [3.05, 3.63) is 30.3 Å². The molecule has 1 aromatic carbocycles. The molecule has 0 heterocycles. The van der Waals surface area contributed by atoms with Gasteiger partial charge in [0.25, 0.3) is 0 Å². The zero-order valence-electron chi connectivity index (χ0n) is 11.1. The van der Waals surface area contributed by atoms with E-state index in [0.717, 1.165) is 17.8 Å². The van der Waals surface area contributed by atoms with Gasteiger partial charge in [-0.3, -0.25) is 0 Å². The average molecular weight is 281 g/mol. The molecule has 1 aliphatic carbocycles. The number of benzene rings is 1. The van der Waals surface area contributed by atoms with Crippen LogP contribution in [0.3, 0.4) is 0 Å². The molecule has 0 bridgehead atoms. The van der Waals surface area contributed by atoms with E-state index in [4.69, 9.17) is 0 Å². The number of thioether (sulfide) groups is 2. The minimum Gasteiger partial charge on any atom is -0.313 e. The maximum atomic E-state index is 3.71. The van der Waals surface area contributed by atoms with Crippen LogP contribution in [0, 0.1) is 0 Å². The van der Waals surface area contributed by atoms with E-state index in [0.29, 0.717) is 0 Å². The number of hydrogen-bond acceptors (Lipinski definition) is 3. The highest BCUT2D eigenvalue weighted by Crippen LogP contribution is 2.26. The van der Waals surface area contributed by atoms with Crippen LogP contribution in [-0.2, 0) is 0 Å². The van der Waals surface area contributed by atoms with Crippen molar-refractivity contribution in [2.45, 2.75) is 41.9 Å². The van der Waals surface area contributed by atoms with Gasteiger partial charge in [-0.2, -0.15) is 11.8 Å². The first-order valence-corrected chi connectivity index (χ1v) is 9.10. The number of hydrogen-bond donors (Lipinski definition) is 1. The number of nitrogens with one attached hydrogen (secondary N) is 1. The molecule has 1 nitrogen and oxygen atoms in total. The summed E-state index contributed by atoms with van der Waals surface area (Å²) in [4.78, 5) is 1.38. The molecule has 0 saturated heterocycles. The quantitative estimate of drug-likeness (QED) is 0.624. The Morgan fingerprint density at radius 2 is 1.83 bits per heavy atom. The third kappa shape index (κ3) is 4.87. The van der Waals surface area contributed by atoms with E-state index in [2.05, 4.69) is 41.9 Å². The van der Waals surface area contributed by atoms with E-state index in [1.807, 2.05) is 23.5 Å². The van der Waals surface area contributed by atoms with Crippen molar-refractivity contribution < 1.29 is 0 Å². The van der Waals surface area contributed by atoms with E-state index in [1.54, 1.807) is 0 Å². The molecule has 1 aromatic rings. The summed E-state index contributed by atoms with van der Waals surface area (Å²) < 4.78 is 0. The van der Waals surface area contributed by atoms with Gasteiger partial charge < -0.3 is 5.32 Å². The van der Waals surface area contributed by atoms with Gasteiger partial charge in [-0.15, -0.1) is 11.8 Å². The van der Waals surface area contributed by atoms with E-state index in [1.165, 1.54) is 36.3 Å². The molecule has 1 fully saturated rings. The molecule has 1 N–H and O–H groups in total. The normalized spacial score (nSPS) is 24.1.